The van der Waals surface area contributed by atoms with Crippen molar-refractivity contribution in [2.24, 2.45) is 0 Å². The second-order valence-electron chi connectivity index (χ2n) is 5.07. The SMILES string of the molecule is Fc1cccc(Oc2ccc(CNC3CC3)cc2Cl)c1F. The van der Waals surface area contributed by atoms with Crippen molar-refractivity contribution in [3.05, 3.63) is 58.6 Å². The van der Waals surface area contributed by atoms with Gasteiger partial charge in [0.25, 0.3) is 0 Å². The second-order valence-corrected chi connectivity index (χ2v) is 5.48. The van der Waals surface area contributed by atoms with Crippen LogP contribution in [0.4, 0.5) is 8.78 Å². The van der Waals surface area contributed by atoms with Crippen LogP contribution in [0, 0.1) is 11.6 Å². The Kier molecular flexibility index (Phi) is 4.08. The lowest BCUT2D eigenvalue weighted by atomic mass is 10.2. The summed E-state index contributed by atoms with van der Waals surface area (Å²) in [5.74, 6) is -1.85. The quantitative estimate of drug-likeness (QED) is 0.867. The Hall–Kier alpha value is -1.65. The van der Waals surface area contributed by atoms with Gasteiger partial charge in [-0.2, -0.15) is 4.39 Å². The fourth-order valence-corrected chi connectivity index (χ4v) is 2.21. The van der Waals surface area contributed by atoms with E-state index in [1.807, 2.05) is 6.07 Å². The molecule has 5 heteroatoms. The molecule has 3 rings (SSSR count). The van der Waals surface area contributed by atoms with Crippen LogP contribution in [-0.2, 0) is 6.54 Å². The molecule has 0 bridgehead atoms. The summed E-state index contributed by atoms with van der Waals surface area (Å²) in [5.41, 5.74) is 1.03. The molecule has 0 heterocycles. The van der Waals surface area contributed by atoms with Crippen molar-refractivity contribution in [1.29, 1.82) is 0 Å². The molecule has 110 valence electrons. The molecule has 1 aliphatic rings. The molecule has 0 radical (unpaired) electrons. The van der Waals surface area contributed by atoms with Crippen molar-refractivity contribution in [2.75, 3.05) is 0 Å². The molecule has 0 aliphatic heterocycles. The Morgan fingerprint density at radius 2 is 1.95 bits per heavy atom. The first-order valence-electron chi connectivity index (χ1n) is 6.77. The van der Waals surface area contributed by atoms with Crippen LogP contribution in [0.1, 0.15) is 18.4 Å². The van der Waals surface area contributed by atoms with Crippen molar-refractivity contribution in [3.8, 4) is 11.5 Å². The van der Waals surface area contributed by atoms with Gasteiger partial charge in [-0.25, -0.2) is 4.39 Å². The Morgan fingerprint density at radius 3 is 2.67 bits per heavy atom. The highest BCUT2D eigenvalue weighted by Gasteiger charge is 2.20. The summed E-state index contributed by atoms with van der Waals surface area (Å²) in [6.07, 6.45) is 2.43. The molecule has 0 atom stereocenters. The smallest absolute Gasteiger partial charge is 0.201 e. The van der Waals surface area contributed by atoms with Gasteiger partial charge in [0.15, 0.2) is 11.6 Å². The van der Waals surface area contributed by atoms with E-state index >= 15 is 0 Å². The highest BCUT2D eigenvalue weighted by Crippen LogP contribution is 2.32. The molecule has 2 aromatic rings. The summed E-state index contributed by atoms with van der Waals surface area (Å²) in [7, 11) is 0. The predicted molar refractivity (Wildman–Crippen MR) is 77.7 cm³/mol. The minimum Gasteiger partial charge on any atom is -0.453 e. The average molecular weight is 310 g/mol. The highest BCUT2D eigenvalue weighted by molar-refractivity contribution is 6.32. The topological polar surface area (TPSA) is 21.3 Å². The molecule has 1 saturated carbocycles. The number of halogens is 3. The van der Waals surface area contributed by atoms with Gasteiger partial charge in [0.05, 0.1) is 5.02 Å². The Bertz CT molecular complexity index is 659. The first kappa shape index (κ1) is 14.3. The van der Waals surface area contributed by atoms with Crippen molar-refractivity contribution >= 4 is 11.6 Å². The van der Waals surface area contributed by atoms with Gasteiger partial charge >= 0.3 is 0 Å². The highest BCUT2D eigenvalue weighted by atomic mass is 35.5. The van der Waals surface area contributed by atoms with Crippen molar-refractivity contribution in [3.63, 3.8) is 0 Å². The van der Waals surface area contributed by atoms with Crippen molar-refractivity contribution in [2.45, 2.75) is 25.4 Å². The van der Waals surface area contributed by atoms with E-state index < -0.39 is 11.6 Å². The molecule has 0 spiro atoms. The van der Waals surface area contributed by atoms with E-state index in [1.165, 1.54) is 25.0 Å². The van der Waals surface area contributed by atoms with Crippen LogP contribution in [0.25, 0.3) is 0 Å². The molecule has 0 aromatic heterocycles. The van der Waals surface area contributed by atoms with Gasteiger partial charge < -0.3 is 10.1 Å². The van der Waals surface area contributed by atoms with E-state index in [0.29, 0.717) is 16.8 Å². The van der Waals surface area contributed by atoms with E-state index in [4.69, 9.17) is 16.3 Å². The van der Waals surface area contributed by atoms with E-state index in [2.05, 4.69) is 5.32 Å². The molecule has 0 amide bonds. The number of hydrogen-bond donors (Lipinski definition) is 1. The van der Waals surface area contributed by atoms with E-state index in [0.717, 1.165) is 18.2 Å². The third-order valence-corrected chi connectivity index (χ3v) is 3.60. The Morgan fingerprint density at radius 1 is 1.14 bits per heavy atom. The van der Waals surface area contributed by atoms with Crippen LogP contribution in [0.5, 0.6) is 11.5 Å². The fraction of sp³-hybridized carbons (Fsp3) is 0.250. The zero-order valence-corrected chi connectivity index (χ0v) is 12.0. The predicted octanol–water partition coefficient (Wildman–Crippen LogP) is 4.66. The van der Waals surface area contributed by atoms with Gasteiger partial charge in [-0.1, -0.05) is 23.7 Å². The number of rotatable bonds is 5. The number of nitrogens with one attached hydrogen (secondary N) is 1. The van der Waals surface area contributed by atoms with Gasteiger partial charge in [0.2, 0.25) is 5.82 Å². The van der Waals surface area contributed by atoms with Gasteiger partial charge in [-0.05, 0) is 42.7 Å². The molecule has 1 N–H and O–H groups in total. The fourth-order valence-electron chi connectivity index (χ4n) is 1.97. The zero-order chi connectivity index (χ0) is 14.8. The third kappa shape index (κ3) is 3.52. The monoisotopic (exact) mass is 309 g/mol. The molecular formula is C16H14ClF2NO. The molecular weight excluding hydrogens is 296 g/mol. The average Bonchev–Trinajstić information content (AvgIpc) is 3.28. The first-order valence-corrected chi connectivity index (χ1v) is 7.15. The van der Waals surface area contributed by atoms with Gasteiger partial charge in [-0.3, -0.25) is 0 Å². The lowest BCUT2D eigenvalue weighted by molar-refractivity contribution is 0.416. The van der Waals surface area contributed by atoms with Crippen LogP contribution in [-0.4, -0.2) is 6.04 Å². The van der Waals surface area contributed by atoms with Crippen molar-refractivity contribution < 1.29 is 13.5 Å². The minimum atomic E-state index is -1.02. The second kappa shape index (κ2) is 6.00. The van der Waals surface area contributed by atoms with Crippen LogP contribution >= 0.6 is 11.6 Å². The normalized spacial score (nSPS) is 14.2. The summed E-state index contributed by atoms with van der Waals surface area (Å²) < 4.78 is 32.0. The lowest BCUT2D eigenvalue weighted by Crippen LogP contribution is -2.15. The van der Waals surface area contributed by atoms with E-state index in [-0.39, 0.29) is 5.75 Å². The van der Waals surface area contributed by atoms with Crippen LogP contribution in [0.3, 0.4) is 0 Å². The van der Waals surface area contributed by atoms with Crippen LogP contribution in [0.15, 0.2) is 36.4 Å². The number of ether oxygens (including phenoxy) is 1. The summed E-state index contributed by atoms with van der Waals surface area (Å²) >= 11 is 6.13. The molecule has 2 aromatic carbocycles. The molecule has 2 nitrogen and oxygen atoms in total. The molecule has 21 heavy (non-hydrogen) atoms. The van der Waals surface area contributed by atoms with Crippen LogP contribution < -0.4 is 10.1 Å². The summed E-state index contributed by atoms with van der Waals surface area (Å²) in [5, 5.41) is 3.75. The number of hydrogen-bond acceptors (Lipinski definition) is 2. The van der Waals surface area contributed by atoms with Crippen LogP contribution in [0.2, 0.25) is 5.02 Å². The molecule has 1 fully saturated rings. The minimum absolute atomic E-state index is 0.180. The largest absolute Gasteiger partial charge is 0.453 e. The first-order chi connectivity index (χ1) is 10.1. The maximum Gasteiger partial charge on any atom is 0.201 e. The molecule has 1 aliphatic carbocycles. The molecule has 0 saturated heterocycles. The third-order valence-electron chi connectivity index (χ3n) is 3.30. The number of benzene rings is 2. The maximum atomic E-state index is 13.6. The maximum absolute atomic E-state index is 13.6. The Balaban J connectivity index is 1.74. The Labute approximate surface area is 126 Å². The molecule has 0 unspecified atom stereocenters. The summed E-state index contributed by atoms with van der Waals surface area (Å²) in [4.78, 5) is 0. The zero-order valence-electron chi connectivity index (χ0n) is 11.2. The van der Waals surface area contributed by atoms with Gasteiger partial charge in [0.1, 0.15) is 5.75 Å². The van der Waals surface area contributed by atoms with E-state index in [1.54, 1.807) is 12.1 Å². The standard InChI is InChI=1S/C16H14ClF2NO/c17-12-8-10(9-20-11-5-6-11)4-7-14(12)21-15-3-1-2-13(18)16(15)19/h1-4,7-8,11,20H,5-6,9H2. The summed E-state index contributed by atoms with van der Waals surface area (Å²) in [6, 6.07) is 9.68. The van der Waals surface area contributed by atoms with E-state index in [9.17, 15) is 8.78 Å². The van der Waals surface area contributed by atoms with Gasteiger partial charge in [0, 0.05) is 12.6 Å². The van der Waals surface area contributed by atoms with Crippen molar-refractivity contribution in [1.82, 2.24) is 5.32 Å². The van der Waals surface area contributed by atoms with Gasteiger partial charge in [-0.15, -0.1) is 0 Å². The lowest BCUT2D eigenvalue weighted by Gasteiger charge is -2.10. The summed E-state index contributed by atoms with van der Waals surface area (Å²) in [6.45, 7) is 0.735.